The Morgan fingerprint density at radius 2 is 1.50 bits per heavy atom. The van der Waals surface area contributed by atoms with Gasteiger partial charge < -0.3 is 55.4 Å². The fourth-order valence-corrected chi connectivity index (χ4v) is 2.75. The van der Waals surface area contributed by atoms with Crippen LogP contribution in [-0.4, -0.2) is 128 Å². The Kier molecular flexibility index (Phi) is 10.4. The minimum Gasteiger partial charge on any atom is -0.396 e. The molecule has 156 valence electrons. The van der Waals surface area contributed by atoms with Gasteiger partial charge in [0, 0.05) is 12.5 Å². The fraction of sp³-hybridized carbons (Fsp3) is 1.00. The van der Waals surface area contributed by atoms with Gasteiger partial charge in [-0.3, -0.25) is 0 Å². The van der Waals surface area contributed by atoms with Crippen LogP contribution in [0.2, 0.25) is 0 Å². The third-order valence-electron chi connectivity index (χ3n) is 4.49. The first-order chi connectivity index (χ1) is 12.3. The van der Waals surface area contributed by atoms with Gasteiger partial charge in [-0.25, -0.2) is 0 Å². The molecule has 0 bridgehead atoms. The Morgan fingerprint density at radius 3 is 2.04 bits per heavy atom. The molecule has 9 unspecified atom stereocenters. The van der Waals surface area contributed by atoms with E-state index in [1.54, 1.807) is 0 Å². The predicted molar refractivity (Wildman–Crippen MR) is 84.9 cm³/mol. The number of rotatable bonds is 8. The van der Waals surface area contributed by atoms with E-state index in [0.29, 0.717) is 0 Å². The van der Waals surface area contributed by atoms with Crippen LogP contribution in [0.4, 0.5) is 0 Å². The summed E-state index contributed by atoms with van der Waals surface area (Å²) in [5, 5.41) is 87.3. The van der Waals surface area contributed by atoms with Crippen LogP contribution in [0, 0.1) is 5.92 Å². The molecule has 0 aromatic heterocycles. The van der Waals surface area contributed by atoms with E-state index in [9.17, 15) is 35.7 Å². The van der Waals surface area contributed by atoms with Crippen LogP contribution in [-0.2, 0) is 9.47 Å². The van der Waals surface area contributed by atoms with E-state index < -0.39 is 74.6 Å². The molecule has 0 spiro atoms. The van der Waals surface area contributed by atoms with Crippen molar-refractivity contribution < 1.29 is 55.4 Å². The van der Waals surface area contributed by atoms with Gasteiger partial charge in [0.05, 0.1) is 38.6 Å². The SMILES string of the molecule is OCC(O)C(O)C(OC1CCOCC(CO)C(O)C(O)C1O)C(O)CO. The van der Waals surface area contributed by atoms with Crippen molar-refractivity contribution >= 4 is 0 Å². The Balaban J connectivity index is 2.96. The number of ether oxygens (including phenoxy) is 2. The topological polar surface area (TPSA) is 201 Å². The maximum absolute atomic E-state index is 10.3. The lowest BCUT2D eigenvalue weighted by Gasteiger charge is -2.36. The van der Waals surface area contributed by atoms with Crippen molar-refractivity contribution in [3.63, 3.8) is 0 Å². The van der Waals surface area contributed by atoms with Gasteiger partial charge in [0.15, 0.2) is 0 Å². The van der Waals surface area contributed by atoms with Gasteiger partial charge in [0.25, 0.3) is 0 Å². The summed E-state index contributed by atoms with van der Waals surface area (Å²) in [5.41, 5.74) is 0. The zero-order chi connectivity index (χ0) is 19.9. The van der Waals surface area contributed by atoms with Crippen LogP contribution < -0.4 is 0 Å². The minimum atomic E-state index is -1.80. The normalized spacial score (nSPS) is 35.7. The van der Waals surface area contributed by atoms with Crippen molar-refractivity contribution in [1.82, 2.24) is 0 Å². The molecule has 1 rings (SSSR count). The summed E-state index contributed by atoms with van der Waals surface area (Å²) < 4.78 is 10.7. The van der Waals surface area contributed by atoms with E-state index in [0.717, 1.165) is 0 Å². The van der Waals surface area contributed by atoms with Crippen LogP contribution in [0.25, 0.3) is 0 Å². The molecule has 9 N–H and O–H groups in total. The van der Waals surface area contributed by atoms with Crippen LogP contribution in [0.3, 0.4) is 0 Å². The third kappa shape index (κ3) is 6.04. The zero-order valence-corrected chi connectivity index (χ0v) is 14.3. The molecule has 1 heterocycles. The van der Waals surface area contributed by atoms with Gasteiger partial charge in [-0.15, -0.1) is 0 Å². The highest BCUT2D eigenvalue weighted by Gasteiger charge is 2.41. The summed E-state index contributed by atoms with van der Waals surface area (Å²) in [7, 11) is 0. The fourth-order valence-electron chi connectivity index (χ4n) is 2.75. The Morgan fingerprint density at radius 1 is 0.885 bits per heavy atom. The predicted octanol–water partition coefficient (Wildman–Crippen LogP) is -5.08. The first-order valence-electron chi connectivity index (χ1n) is 8.42. The largest absolute Gasteiger partial charge is 0.396 e. The molecular formula is C15H30O11. The molecule has 0 aliphatic carbocycles. The zero-order valence-electron chi connectivity index (χ0n) is 14.3. The van der Waals surface area contributed by atoms with Crippen molar-refractivity contribution in [3.8, 4) is 0 Å². The molecule has 0 radical (unpaired) electrons. The van der Waals surface area contributed by atoms with E-state index in [1.807, 2.05) is 0 Å². The van der Waals surface area contributed by atoms with Gasteiger partial charge >= 0.3 is 0 Å². The van der Waals surface area contributed by atoms with Gasteiger partial charge in [-0.1, -0.05) is 0 Å². The summed E-state index contributed by atoms with van der Waals surface area (Å²) in [4.78, 5) is 0. The number of hydrogen-bond donors (Lipinski definition) is 9. The lowest BCUT2D eigenvalue weighted by atomic mass is 9.93. The molecule has 0 aromatic rings. The first kappa shape index (κ1) is 23.6. The Labute approximate surface area is 150 Å². The van der Waals surface area contributed by atoms with Gasteiger partial charge in [0.1, 0.15) is 36.6 Å². The highest BCUT2D eigenvalue weighted by molar-refractivity contribution is 4.89. The van der Waals surface area contributed by atoms with E-state index >= 15 is 0 Å². The molecular weight excluding hydrogens is 356 g/mol. The van der Waals surface area contributed by atoms with E-state index in [4.69, 9.17) is 19.7 Å². The number of hydrogen-bond acceptors (Lipinski definition) is 11. The van der Waals surface area contributed by atoms with E-state index in [-0.39, 0.29) is 19.6 Å². The van der Waals surface area contributed by atoms with Gasteiger partial charge in [-0.05, 0) is 6.42 Å². The van der Waals surface area contributed by atoms with Crippen molar-refractivity contribution in [2.24, 2.45) is 5.92 Å². The van der Waals surface area contributed by atoms with Crippen LogP contribution in [0.5, 0.6) is 0 Å². The summed E-state index contributed by atoms with van der Waals surface area (Å²) >= 11 is 0. The molecule has 11 nitrogen and oxygen atoms in total. The van der Waals surface area contributed by atoms with Gasteiger partial charge in [-0.2, -0.15) is 0 Å². The average Bonchev–Trinajstić information content (AvgIpc) is 2.70. The maximum Gasteiger partial charge on any atom is 0.115 e. The lowest BCUT2D eigenvalue weighted by Crippen LogP contribution is -2.54. The highest BCUT2D eigenvalue weighted by atomic mass is 16.5. The van der Waals surface area contributed by atoms with Crippen molar-refractivity contribution in [2.45, 2.75) is 55.3 Å². The average molecular weight is 386 g/mol. The summed E-state index contributed by atoms with van der Waals surface area (Å²) in [5.74, 6) is -0.834. The van der Waals surface area contributed by atoms with Crippen LogP contribution >= 0.6 is 0 Å². The molecule has 9 atom stereocenters. The highest BCUT2D eigenvalue weighted by Crippen LogP contribution is 2.22. The Hall–Kier alpha value is -0.440. The molecule has 0 aromatic carbocycles. The van der Waals surface area contributed by atoms with Crippen molar-refractivity contribution in [1.29, 1.82) is 0 Å². The second-order valence-electron chi connectivity index (χ2n) is 6.41. The summed E-state index contributed by atoms with van der Waals surface area (Å²) in [6.45, 7) is -2.21. The smallest absolute Gasteiger partial charge is 0.115 e. The molecule has 1 fully saturated rings. The van der Waals surface area contributed by atoms with Crippen LogP contribution in [0.15, 0.2) is 0 Å². The van der Waals surface area contributed by atoms with Crippen molar-refractivity contribution in [2.75, 3.05) is 33.0 Å². The second kappa shape index (κ2) is 11.4. The second-order valence-corrected chi connectivity index (χ2v) is 6.41. The minimum absolute atomic E-state index is 0.0122. The summed E-state index contributed by atoms with van der Waals surface area (Å²) in [6.07, 6.45) is -12.9. The number of aliphatic hydroxyl groups is 9. The first-order valence-corrected chi connectivity index (χ1v) is 8.42. The quantitative estimate of drug-likeness (QED) is 0.193. The molecule has 11 heteroatoms. The standard InChI is InChI=1S/C15H30O11/c16-3-7-6-25-2-1-10(13(23)14(24)11(7)21)26-15(9(20)5-18)12(22)8(19)4-17/h7-24H,1-6H2. The molecule has 0 saturated carbocycles. The molecule has 1 aliphatic rings. The van der Waals surface area contributed by atoms with Crippen molar-refractivity contribution in [3.05, 3.63) is 0 Å². The number of aliphatic hydroxyl groups excluding tert-OH is 9. The maximum atomic E-state index is 10.3. The molecule has 1 aliphatic heterocycles. The molecule has 0 amide bonds. The molecule has 26 heavy (non-hydrogen) atoms. The van der Waals surface area contributed by atoms with E-state index in [1.165, 1.54) is 0 Å². The third-order valence-corrected chi connectivity index (χ3v) is 4.49. The molecule has 1 saturated heterocycles. The van der Waals surface area contributed by atoms with E-state index in [2.05, 4.69) is 0 Å². The lowest BCUT2D eigenvalue weighted by molar-refractivity contribution is -0.203. The Bertz CT molecular complexity index is 385. The van der Waals surface area contributed by atoms with Crippen LogP contribution in [0.1, 0.15) is 6.42 Å². The summed E-state index contributed by atoms with van der Waals surface area (Å²) in [6, 6.07) is 0. The monoisotopic (exact) mass is 386 g/mol. The van der Waals surface area contributed by atoms with Gasteiger partial charge in [0.2, 0.25) is 0 Å².